The van der Waals surface area contributed by atoms with Gasteiger partial charge in [0.1, 0.15) is 21.3 Å². The second kappa shape index (κ2) is 10.9. The van der Waals surface area contributed by atoms with E-state index in [-0.39, 0.29) is 16.7 Å². The number of aliphatic hydroxyl groups is 1. The third-order valence-corrected chi connectivity index (χ3v) is 8.72. The molecule has 0 amide bonds. The van der Waals surface area contributed by atoms with Crippen molar-refractivity contribution in [2.24, 2.45) is 5.92 Å². The average Bonchev–Trinajstić information content (AvgIpc) is 3.28. The molecule has 6 nitrogen and oxygen atoms in total. The molecule has 0 aliphatic carbocycles. The zero-order chi connectivity index (χ0) is 24.1. The smallest absolute Gasteiger partial charge is 0.250 e. The highest BCUT2D eigenvalue weighted by Crippen LogP contribution is 2.37. The Hall–Kier alpha value is -2.10. The second-order valence-electron chi connectivity index (χ2n) is 7.87. The summed E-state index contributed by atoms with van der Waals surface area (Å²) in [5.74, 6) is 1.39. The van der Waals surface area contributed by atoms with Gasteiger partial charge in [-0.3, -0.25) is 0 Å². The molecule has 0 unspecified atom stereocenters. The van der Waals surface area contributed by atoms with Crippen molar-refractivity contribution in [1.82, 2.24) is 4.72 Å². The van der Waals surface area contributed by atoms with Gasteiger partial charge in [-0.1, -0.05) is 42.8 Å². The molecule has 0 saturated carbocycles. The fourth-order valence-corrected chi connectivity index (χ4v) is 6.20. The van der Waals surface area contributed by atoms with Gasteiger partial charge in [0.2, 0.25) is 10.0 Å². The van der Waals surface area contributed by atoms with E-state index in [4.69, 9.17) is 21.1 Å². The fourth-order valence-electron chi connectivity index (χ4n) is 3.51. The van der Waals surface area contributed by atoms with Crippen molar-refractivity contribution in [3.63, 3.8) is 0 Å². The van der Waals surface area contributed by atoms with Crippen LogP contribution in [0.5, 0.6) is 11.5 Å². The van der Waals surface area contributed by atoms with Gasteiger partial charge >= 0.3 is 0 Å². The van der Waals surface area contributed by atoms with Crippen molar-refractivity contribution < 1.29 is 23.0 Å². The Morgan fingerprint density at radius 2 is 1.48 bits per heavy atom. The van der Waals surface area contributed by atoms with Crippen LogP contribution in [0.15, 0.2) is 64.9 Å². The largest absolute Gasteiger partial charge is 0.497 e. The fraction of sp³-hybridized carbons (Fsp3) is 0.333. The first-order chi connectivity index (χ1) is 15.7. The number of rotatable bonds is 11. The zero-order valence-corrected chi connectivity index (χ0v) is 21.1. The van der Waals surface area contributed by atoms with Crippen molar-refractivity contribution in [3.05, 3.63) is 76.1 Å². The minimum atomic E-state index is -3.61. The number of nitrogens with one attached hydrogen (secondary N) is 1. The number of thiophene rings is 1. The van der Waals surface area contributed by atoms with Crippen molar-refractivity contribution >= 4 is 33.0 Å². The van der Waals surface area contributed by atoms with Crippen LogP contribution < -0.4 is 14.2 Å². The molecule has 3 rings (SSSR count). The highest BCUT2D eigenvalue weighted by Gasteiger charge is 2.32. The molecular formula is C24H28ClNO5S2. The highest BCUT2D eigenvalue weighted by atomic mass is 35.5. The summed E-state index contributed by atoms with van der Waals surface area (Å²) >= 11 is 6.89. The van der Waals surface area contributed by atoms with Crippen molar-refractivity contribution in [3.8, 4) is 11.5 Å². The van der Waals surface area contributed by atoms with Crippen molar-refractivity contribution in [1.29, 1.82) is 0 Å². The lowest BCUT2D eigenvalue weighted by molar-refractivity contribution is 0.0642. The molecule has 3 aromatic rings. The standard InChI is InChI=1S/C24H28ClNO5S2/c1-17(16-26-33(28,29)23-13-12-22(25)32-23)14-15-24(27,18-4-8-20(30-2)9-5-18)19-6-10-21(31-3)11-7-19/h4-13,17,26-27H,14-16H2,1-3H3/t17-/m0/s1. The predicted octanol–water partition coefficient (Wildman–Crippen LogP) is 5.05. The summed E-state index contributed by atoms with van der Waals surface area (Å²) in [5.41, 5.74) is 0.205. The number of benzene rings is 2. The Morgan fingerprint density at radius 1 is 0.970 bits per heavy atom. The van der Waals surface area contributed by atoms with E-state index in [2.05, 4.69) is 4.72 Å². The van der Waals surface area contributed by atoms with Crippen LogP contribution in [-0.4, -0.2) is 34.3 Å². The third-order valence-electron chi connectivity index (χ3n) is 5.57. The molecule has 2 N–H and O–H groups in total. The van der Waals surface area contributed by atoms with Crippen LogP contribution in [0.3, 0.4) is 0 Å². The molecule has 1 atom stereocenters. The Bertz CT molecular complexity index is 1100. The molecule has 0 spiro atoms. The van der Waals surface area contributed by atoms with Crippen LogP contribution >= 0.6 is 22.9 Å². The van der Waals surface area contributed by atoms with Crippen LogP contribution in [-0.2, 0) is 15.6 Å². The van der Waals surface area contributed by atoms with E-state index in [1.54, 1.807) is 20.3 Å². The molecule has 1 aromatic heterocycles. The van der Waals surface area contributed by atoms with Gasteiger partial charge in [0.15, 0.2) is 0 Å². The topological polar surface area (TPSA) is 84.9 Å². The lowest BCUT2D eigenvalue weighted by Crippen LogP contribution is -2.31. The molecule has 33 heavy (non-hydrogen) atoms. The summed E-state index contributed by atoms with van der Waals surface area (Å²) in [6.45, 7) is 2.20. The van der Waals surface area contributed by atoms with Gasteiger partial charge in [0, 0.05) is 6.54 Å². The molecular weight excluding hydrogens is 482 g/mol. The molecule has 0 radical (unpaired) electrons. The quantitative estimate of drug-likeness (QED) is 0.378. The first-order valence-corrected chi connectivity index (χ1v) is 13.1. The average molecular weight is 510 g/mol. The van der Waals surface area contributed by atoms with E-state index < -0.39 is 15.6 Å². The molecule has 0 bridgehead atoms. The number of ether oxygens (including phenoxy) is 2. The SMILES string of the molecule is COc1ccc(C(O)(CC[C@H](C)CNS(=O)(=O)c2ccc(Cl)s2)c2ccc(OC)cc2)cc1. The van der Waals surface area contributed by atoms with Gasteiger partial charge in [0.05, 0.1) is 18.6 Å². The Balaban J connectivity index is 1.75. The van der Waals surface area contributed by atoms with Gasteiger partial charge in [-0.15, -0.1) is 11.3 Å². The Kier molecular flexibility index (Phi) is 8.42. The van der Waals surface area contributed by atoms with Crippen molar-refractivity contribution in [2.75, 3.05) is 20.8 Å². The monoisotopic (exact) mass is 509 g/mol. The molecule has 178 valence electrons. The third kappa shape index (κ3) is 6.28. The summed E-state index contributed by atoms with van der Waals surface area (Å²) in [6.07, 6.45) is 0.988. The molecule has 9 heteroatoms. The van der Waals surface area contributed by atoms with E-state index in [1.165, 1.54) is 6.07 Å². The van der Waals surface area contributed by atoms with Gasteiger partial charge in [-0.2, -0.15) is 0 Å². The van der Waals surface area contributed by atoms with Crippen LogP contribution in [0.2, 0.25) is 4.34 Å². The van der Waals surface area contributed by atoms with Crippen molar-refractivity contribution in [2.45, 2.75) is 29.6 Å². The normalized spacial score (nSPS) is 13.0. The molecule has 1 heterocycles. The maximum absolute atomic E-state index is 12.5. The van der Waals surface area contributed by atoms with Crippen LogP contribution in [0.1, 0.15) is 30.9 Å². The highest BCUT2D eigenvalue weighted by molar-refractivity contribution is 7.91. The zero-order valence-electron chi connectivity index (χ0n) is 18.7. The summed E-state index contributed by atoms with van der Waals surface area (Å²) in [6, 6.07) is 17.7. The molecule has 2 aromatic carbocycles. The number of methoxy groups -OCH3 is 2. The van der Waals surface area contributed by atoms with E-state index in [1.807, 2.05) is 55.5 Å². The first-order valence-electron chi connectivity index (χ1n) is 10.4. The minimum Gasteiger partial charge on any atom is -0.497 e. The Morgan fingerprint density at radius 3 is 1.91 bits per heavy atom. The lowest BCUT2D eigenvalue weighted by Gasteiger charge is -2.31. The lowest BCUT2D eigenvalue weighted by atomic mass is 9.81. The minimum absolute atomic E-state index is 0.0155. The maximum atomic E-state index is 12.5. The van der Waals surface area contributed by atoms with E-state index in [0.717, 1.165) is 22.5 Å². The molecule has 0 saturated heterocycles. The predicted molar refractivity (Wildman–Crippen MR) is 132 cm³/mol. The van der Waals surface area contributed by atoms with Gasteiger partial charge in [-0.25, -0.2) is 13.1 Å². The second-order valence-corrected chi connectivity index (χ2v) is 11.6. The number of halogens is 1. The van der Waals surface area contributed by atoms with Gasteiger partial charge < -0.3 is 14.6 Å². The summed E-state index contributed by atoms with van der Waals surface area (Å²) in [7, 11) is -0.425. The Labute approximate surface area is 204 Å². The number of sulfonamides is 1. The van der Waals surface area contributed by atoms with Gasteiger partial charge in [0.25, 0.3) is 0 Å². The van der Waals surface area contributed by atoms with E-state index in [9.17, 15) is 13.5 Å². The first kappa shape index (κ1) is 25.5. The van der Waals surface area contributed by atoms with Gasteiger partial charge in [-0.05, 0) is 66.3 Å². The molecule has 0 aliphatic rings. The van der Waals surface area contributed by atoms with Crippen LogP contribution in [0.4, 0.5) is 0 Å². The van der Waals surface area contributed by atoms with Crippen LogP contribution in [0, 0.1) is 5.92 Å². The maximum Gasteiger partial charge on any atom is 0.250 e. The molecule has 0 fully saturated rings. The molecule has 0 aliphatic heterocycles. The summed E-state index contributed by atoms with van der Waals surface area (Å²) in [4.78, 5) is 0. The van der Waals surface area contributed by atoms with E-state index >= 15 is 0 Å². The number of hydrogen-bond donors (Lipinski definition) is 2. The van der Waals surface area contributed by atoms with Crippen LogP contribution in [0.25, 0.3) is 0 Å². The number of hydrogen-bond acceptors (Lipinski definition) is 6. The summed E-state index contributed by atoms with van der Waals surface area (Å²) < 4.78 is 38.7. The summed E-state index contributed by atoms with van der Waals surface area (Å²) in [5, 5.41) is 11.8. The van der Waals surface area contributed by atoms with E-state index in [0.29, 0.717) is 28.7 Å².